The minimum atomic E-state index is -0.0726. The van der Waals surface area contributed by atoms with Crippen LogP contribution in [0.5, 0.6) is 11.5 Å². The number of benzene rings is 1. The van der Waals surface area contributed by atoms with Gasteiger partial charge in [-0.25, -0.2) is 4.99 Å². The lowest BCUT2D eigenvalue weighted by Gasteiger charge is -2.22. The van der Waals surface area contributed by atoms with E-state index in [0.717, 1.165) is 56.4 Å². The van der Waals surface area contributed by atoms with Gasteiger partial charge in [-0.2, -0.15) is 0 Å². The van der Waals surface area contributed by atoms with E-state index in [1.807, 2.05) is 36.1 Å². The molecule has 31 heavy (non-hydrogen) atoms. The molecule has 7 nitrogen and oxygen atoms in total. The van der Waals surface area contributed by atoms with Crippen molar-refractivity contribution >= 4 is 35.8 Å². The number of guanidine groups is 1. The number of hydrogen-bond acceptors (Lipinski definition) is 4. The normalized spacial score (nSPS) is 20.2. The van der Waals surface area contributed by atoms with Gasteiger partial charge in [0.25, 0.3) is 0 Å². The maximum atomic E-state index is 12.7. The van der Waals surface area contributed by atoms with Crippen LogP contribution in [0.2, 0.25) is 0 Å². The van der Waals surface area contributed by atoms with Crippen LogP contribution >= 0.6 is 24.0 Å². The molecule has 2 fully saturated rings. The Morgan fingerprint density at radius 1 is 1.26 bits per heavy atom. The number of nitrogens with zero attached hydrogens (tertiary/aromatic N) is 2. The zero-order chi connectivity index (χ0) is 21.3. The van der Waals surface area contributed by atoms with Gasteiger partial charge in [-0.15, -0.1) is 24.0 Å². The first-order valence-electron chi connectivity index (χ1n) is 11.2. The number of hydrogen-bond donors (Lipinski definition) is 2. The summed E-state index contributed by atoms with van der Waals surface area (Å²) < 4.78 is 11.2. The minimum Gasteiger partial charge on any atom is -0.497 e. The lowest BCUT2D eigenvalue weighted by molar-refractivity contribution is -0.134. The van der Waals surface area contributed by atoms with Crippen LogP contribution in [0.15, 0.2) is 29.3 Å². The second kappa shape index (κ2) is 13.0. The van der Waals surface area contributed by atoms with Crippen molar-refractivity contribution in [2.24, 2.45) is 10.9 Å². The summed E-state index contributed by atoms with van der Waals surface area (Å²) in [5, 5.41) is 6.81. The summed E-state index contributed by atoms with van der Waals surface area (Å²) >= 11 is 0. The van der Waals surface area contributed by atoms with Crippen molar-refractivity contribution in [1.82, 2.24) is 15.5 Å². The molecule has 1 saturated heterocycles. The van der Waals surface area contributed by atoms with Gasteiger partial charge in [0.2, 0.25) is 5.91 Å². The van der Waals surface area contributed by atoms with E-state index < -0.39 is 0 Å². The zero-order valence-electron chi connectivity index (χ0n) is 18.9. The molecule has 1 heterocycles. The van der Waals surface area contributed by atoms with Gasteiger partial charge in [0, 0.05) is 37.7 Å². The Bertz CT molecular complexity index is 725. The van der Waals surface area contributed by atoms with E-state index in [9.17, 15) is 4.79 Å². The smallest absolute Gasteiger partial charge is 0.225 e. The molecule has 1 aliphatic carbocycles. The van der Waals surface area contributed by atoms with Crippen molar-refractivity contribution in [2.45, 2.75) is 58.1 Å². The summed E-state index contributed by atoms with van der Waals surface area (Å²) in [6.45, 7) is 6.97. The summed E-state index contributed by atoms with van der Waals surface area (Å²) in [6.07, 6.45) is 5.39. The highest BCUT2D eigenvalue weighted by Crippen LogP contribution is 2.27. The molecular weight excluding hydrogens is 507 g/mol. The molecule has 1 aromatic rings. The molecule has 1 saturated carbocycles. The SMILES string of the molecule is CCNC(=NCC(C)Oc1cccc(OC)c1)NC1CCN(C(=O)C2CCCC2)C1.I. The largest absolute Gasteiger partial charge is 0.497 e. The zero-order valence-corrected chi connectivity index (χ0v) is 21.3. The molecule has 2 aliphatic rings. The summed E-state index contributed by atoms with van der Waals surface area (Å²) in [5.41, 5.74) is 0. The molecule has 0 radical (unpaired) electrons. The van der Waals surface area contributed by atoms with Gasteiger partial charge in [-0.3, -0.25) is 4.79 Å². The van der Waals surface area contributed by atoms with Crippen molar-refractivity contribution in [3.05, 3.63) is 24.3 Å². The molecule has 2 N–H and O–H groups in total. The number of halogens is 1. The van der Waals surface area contributed by atoms with Crippen LogP contribution in [0.4, 0.5) is 0 Å². The number of amides is 1. The summed E-state index contributed by atoms with van der Waals surface area (Å²) in [6, 6.07) is 7.83. The van der Waals surface area contributed by atoms with Crippen LogP contribution in [-0.2, 0) is 4.79 Å². The first-order chi connectivity index (χ1) is 14.6. The highest BCUT2D eigenvalue weighted by Gasteiger charge is 2.32. The topological polar surface area (TPSA) is 75.2 Å². The number of methoxy groups -OCH3 is 1. The van der Waals surface area contributed by atoms with Gasteiger partial charge < -0.3 is 25.0 Å². The Morgan fingerprint density at radius 3 is 2.71 bits per heavy atom. The monoisotopic (exact) mass is 544 g/mol. The second-order valence-corrected chi connectivity index (χ2v) is 8.22. The van der Waals surface area contributed by atoms with Crippen LogP contribution in [0.1, 0.15) is 46.0 Å². The van der Waals surface area contributed by atoms with Crippen molar-refractivity contribution in [1.29, 1.82) is 0 Å². The van der Waals surface area contributed by atoms with Crippen LogP contribution in [0.3, 0.4) is 0 Å². The minimum absolute atomic E-state index is 0. The first kappa shape index (κ1) is 25.5. The lowest BCUT2D eigenvalue weighted by Crippen LogP contribution is -2.45. The summed E-state index contributed by atoms with van der Waals surface area (Å²) in [5.74, 6) is 2.92. The van der Waals surface area contributed by atoms with Crippen LogP contribution in [0.25, 0.3) is 0 Å². The van der Waals surface area contributed by atoms with Crippen molar-refractivity contribution in [3.8, 4) is 11.5 Å². The number of rotatable bonds is 8. The third kappa shape index (κ3) is 7.73. The fourth-order valence-corrected chi connectivity index (χ4v) is 4.19. The molecule has 3 rings (SSSR count). The van der Waals surface area contributed by atoms with E-state index in [1.54, 1.807) is 7.11 Å². The highest BCUT2D eigenvalue weighted by molar-refractivity contribution is 14.0. The Labute approximate surface area is 203 Å². The van der Waals surface area contributed by atoms with Gasteiger partial charge in [-0.05, 0) is 45.2 Å². The predicted octanol–water partition coefficient (Wildman–Crippen LogP) is 3.43. The van der Waals surface area contributed by atoms with Crippen LogP contribution in [-0.4, -0.2) is 62.2 Å². The molecule has 8 heteroatoms. The molecule has 0 aromatic heterocycles. The quantitative estimate of drug-likeness (QED) is 0.298. The molecule has 0 bridgehead atoms. The summed E-state index contributed by atoms with van der Waals surface area (Å²) in [7, 11) is 1.65. The molecule has 1 amide bonds. The molecular formula is C23H37IN4O3. The third-order valence-electron chi connectivity index (χ3n) is 5.77. The number of nitrogens with one attached hydrogen (secondary N) is 2. The fourth-order valence-electron chi connectivity index (χ4n) is 4.19. The van der Waals surface area contributed by atoms with Gasteiger partial charge in [0.05, 0.1) is 13.7 Å². The summed E-state index contributed by atoms with van der Waals surface area (Å²) in [4.78, 5) is 19.4. The van der Waals surface area contributed by atoms with Crippen LogP contribution < -0.4 is 20.1 Å². The number of aliphatic imine (C=N–C) groups is 1. The number of carbonyl (C=O) groups excluding carboxylic acids is 1. The number of likely N-dealkylation sites (tertiary alicyclic amines) is 1. The fraction of sp³-hybridized carbons (Fsp3) is 0.652. The molecule has 2 unspecified atom stereocenters. The molecule has 174 valence electrons. The van der Waals surface area contributed by atoms with E-state index in [1.165, 1.54) is 12.8 Å². The van der Waals surface area contributed by atoms with Gasteiger partial charge in [0.15, 0.2) is 5.96 Å². The number of carbonyl (C=O) groups is 1. The molecule has 0 spiro atoms. The van der Waals surface area contributed by atoms with Gasteiger partial charge in [0.1, 0.15) is 17.6 Å². The average molecular weight is 544 g/mol. The average Bonchev–Trinajstić information content (AvgIpc) is 3.44. The van der Waals surface area contributed by atoms with E-state index in [4.69, 9.17) is 14.5 Å². The second-order valence-electron chi connectivity index (χ2n) is 8.22. The Morgan fingerprint density at radius 2 is 2.00 bits per heavy atom. The molecule has 1 aliphatic heterocycles. The van der Waals surface area contributed by atoms with Crippen LogP contribution in [0, 0.1) is 5.92 Å². The maximum Gasteiger partial charge on any atom is 0.225 e. The predicted molar refractivity (Wildman–Crippen MR) is 135 cm³/mol. The van der Waals surface area contributed by atoms with E-state index in [2.05, 4.69) is 17.6 Å². The number of ether oxygens (including phenoxy) is 2. The standard InChI is InChI=1S/C23H36N4O3.HI/c1-4-24-23(25-15-17(2)30-21-11-7-10-20(14-21)29-3)26-19-12-13-27(16-19)22(28)18-8-5-6-9-18;/h7,10-11,14,17-19H,4-6,8-9,12-13,15-16H2,1-3H3,(H2,24,25,26);1H. The lowest BCUT2D eigenvalue weighted by atomic mass is 10.1. The third-order valence-corrected chi connectivity index (χ3v) is 5.77. The highest BCUT2D eigenvalue weighted by atomic mass is 127. The Hall–Kier alpha value is -1.71. The van der Waals surface area contributed by atoms with Crippen molar-refractivity contribution in [3.63, 3.8) is 0 Å². The Balaban J connectivity index is 0.00000341. The Kier molecular flexibility index (Phi) is 10.7. The van der Waals surface area contributed by atoms with Crippen molar-refractivity contribution in [2.75, 3.05) is 33.3 Å². The van der Waals surface area contributed by atoms with E-state index in [-0.39, 0.29) is 42.0 Å². The van der Waals surface area contributed by atoms with Gasteiger partial charge in [-0.1, -0.05) is 18.9 Å². The molecule has 1 aromatic carbocycles. The molecule has 2 atom stereocenters. The first-order valence-corrected chi connectivity index (χ1v) is 11.2. The van der Waals surface area contributed by atoms with E-state index in [0.29, 0.717) is 12.5 Å². The van der Waals surface area contributed by atoms with E-state index >= 15 is 0 Å². The van der Waals surface area contributed by atoms with Crippen molar-refractivity contribution < 1.29 is 14.3 Å². The van der Waals surface area contributed by atoms with Gasteiger partial charge >= 0.3 is 0 Å². The maximum absolute atomic E-state index is 12.7.